The average molecular weight is 368 g/mol. The molecule has 0 aliphatic heterocycles. The van der Waals surface area contributed by atoms with Gasteiger partial charge in [0.1, 0.15) is 11.4 Å². The van der Waals surface area contributed by atoms with Crippen molar-refractivity contribution >= 4 is 39.3 Å². The molecule has 0 atom stereocenters. The number of benzene rings is 1. The number of aromatic nitrogens is 2. The van der Waals surface area contributed by atoms with Crippen molar-refractivity contribution in [2.24, 2.45) is 0 Å². The van der Waals surface area contributed by atoms with E-state index in [4.69, 9.17) is 4.74 Å². The zero-order valence-corrected chi connectivity index (χ0v) is 14.0. The smallest absolute Gasteiger partial charge is 0.275 e. The van der Waals surface area contributed by atoms with E-state index in [2.05, 4.69) is 31.2 Å². The Kier molecular flexibility index (Phi) is 5.58. The molecular formula is C14H14BrN3O2S. The molecule has 1 heterocycles. The molecule has 0 bridgehead atoms. The monoisotopic (exact) mass is 367 g/mol. The highest BCUT2D eigenvalue weighted by molar-refractivity contribution is 9.10. The third-order valence-corrected chi connectivity index (χ3v) is 3.88. The molecule has 7 heteroatoms. The summed E-state index contributed by atoms with van der Waals surface area (Å²) in [5, 5.41) is 3.38. The maximum absolute atomic E-state index is 12.3. The minimum absolute atomic E-state index is 0.285. The molecule has 0 fully saturated rings. The second kappa shape index (κ2) is 7.42. The fraction of sp³-hybridized carbons (Fsp3) is 0.214. The predicted molar refractivity (Wildman–Crippen MR) is 87.1 cm³/mol. The van der Waals surface area contributed by atoms with Gasteiger partial charge in [0.25, 0.3) is 5.91 Å². The Balaban J connectivity index is 2.17. The van der Waals surface area contributed by atoms with Crippen LogP contribution >= 0.6 is 27.7 Å². The van der Waals surface area contributed by atoms with Gasteiger partial charge in [-0.3, -0.25) is 4.79 Å². The number of rotatable bonds is 5. The van der Waals surface area contributed by atoms with E-state index in [1.807, 2.05) is 6.92 Å². The number of hydrogen-bond acceptors (Lipinski definition) is 5. The minimum atomic E-state index is -0.285. The van der Waals surface area contributed by atoms with Crippen molar-refractivity contribution in [1.82, 2.24) is 9.97 Å². The molecular weight excluding hydrogens is 354 g/mol. The highest BCUT2D eigenvalue weighted by Gasteiger charge is 2.14. The Morgan fingerprint density at radius 1 is 1.38 bits per heavy atom. The number of carbonyl (C=O) groups excluding carboxylic acids is 1. The van der Waals surface area contributed by atoms with Gasteiger partial charge in [0.05, 0.1) is 11.6 Å². The van der Waals surface area contributed by atoms with E-state index in [9.17, 15) is 4.79 Å². The SMILES string of the molecule is CCSc1ncc(Br)c(C(=O)Nc2ccc(OC)cc2)n1. The van der Waals surface area contributed by atoms with Crippen LogP contribution in [0, 0.1) is 0 Å². The van der Waals surface area contributed by atoms with Gasteiger partial charge in [0.2, 0.25) is 0 Å². The lowest BCUT2D eigenvalue weighted by molar-refractivity contribution is 0.102. The predicted octanol–water partition coefficient (Wildman–Crippen LogP) is 3.61. The van der Waals surface area contributed by atoms with Gasteiger partial charge >= 0.3 is 0 Å². The lowest BCUT2D eigenvalue weighted by atomic mass is 10.3. The molecule has 1 aromatic carbocycles. The number of nitrogens with one attached hydrogen (secondary N) is 1. The molecule has 0 radical (unpaired) electrons. The van der Waals surface area contributed by atoms with E-state index < -0.39 is 0 Å². The second-order valence-electron chi connectivity index (χ2n) is 3.96. The van der Waals surface area contributed by atoms with Gasteiger partial charge in [0.15, 0.2) is 5.16 Å². The van der Waals surface area contributed by atoms with Crippen molar-refractivity contribution in [3.8, 4) is 5.75 Å². The van der Waals surface area contributed by atoms with Crippen LogP contribution < -0.4 is 10.1 Å². The quantitative estimate of drug-likeness (QED) is 0.645. The van der Waals surface area contributed by atoms with Gasteiger partial charge in [-0.2, -0.15) is 0 Å². The summed E-state index contributed by atoms with van der Waals surface area (Å²) in [6.45, 7) is 2.01. The van der Waals surface area contributed by atoms with Crippen molar-refractivity contribution in [1.29, 1.82) is 0 Å². The number of hydrogen-bond donors (Lipinski definition) is 1. The van der Waals surface area contributed by atoms with Crippen LogP contribution in [0.1, 0.15) is 17.4 Å². The van der Waals surface area contributed by atoms with Gasteiger partial charge in [-0.25, -0.2) is 9.97 Å². The highest BCUT2D eigenvalue weighted by atomic mass is 79.9. The summed E-state index contributed by atoms with van der Waals surface area (Å²) in [4.78, 5) is 20.7. The van der Waals surface area contributed by atoms with Crippen LogP contribution in [0.4, 0.5) is 5.69 Å². The number of methoxy groups -OCH3 is 1. The van der Waals surface area contributed by atoms with Crippen molar-refractivity contribution in [2.75, 3.05) is 18.2 Å². The zero-order chi connectivity index (χ0) is 15.2. The van der Waals surface area contributed by atoms with Crippen LogP contribution in [0.15, 0.2) is 40.1 Å². The molecule has 0 aliphatic carbocycles. The number of carbonyl (C=O) groups is 1. The largest absolute Gasteiger partial charge is 0.497 e. The summed E-state index contributed by atoms with van der Waals surface area (Å²) in [5.41, 5.74) is 0.993. The van der Waals surface area contributed by atoms with Gasteiger partial charge in [0, 0.05) is 11.9 Å². The van der Waals surface area contributed by atoms with Crippen LogP contribution in [0.2, 0.25) is 0 Å². The van der Waals surface area contributed by atoms with E-state index in [1.165, 1.54) is 11.8 Å². The van der Waals surface area contributed by atoms with Crippen LogP contribution in [0.5, 0.6) is 5.75 Å². The Morgan fingerprint density at radius 3 is 2.71 bits per heavy atom. The lowest BCUT2D eigenvalue weighted by Crippen LogP contribution is -2.15. The topological polar surface area (TPSA) is 64.1 Å². The summed E-state index contributed by atoms with van der Waals surface area (Å²) in [5.74, 6) is 1.30. The molecule has 0 spiro atoms. The summed E-state index contributed by atoms with van der Waals surface area (Å²) in [6.07, 6.45) is 1.59. The number of halogens is 1. The number of amides is 1. The van der Waals surface area contributed by atoms with Crippen molar-refractivity contribution in [3.05, 3.63) is 40.6 Å². The first-order valence-corrected chi connectivity index (χ1v) is 8.02. The van der Waals surface area contributed by atoms with E-state index in [1.54, 1.807) is 37.6 Å². The van der Waals surface area contributed by atoms with E-state index >= 15 is 0 Å². The lowest BCUT2D eigenvalue weighted by Gasteiger charge is -2.08. The molecule has 21 heavy (non-hydrogen) atoms. The first-order chi connectivity index (χ1) is 10.1. The maximum Gasteiger partial charge on any atom is 0.275 e. The van der Waals surface area contributed by atoms with Crippen molar-refractivity contribution in [2.45, 2.75) is 12.1 Å². The molecule has 110 valence electrons. The molecule has 0 unspecified atom stereocenters. The number of anilines is 1. The maximum atomic E-state index is 12.3. The van der Waals surface area contributed by atoms with Crippen molar-refractivity contribution < 1.29 is 9.53 Å². The normalized spacial score (nSPS) is 10.2. The zero-order valence-electron chi connectivity index (χ0n) is 11.6. The molecule has 1 N–H and O–H groups in total. The first-order valence-electron chi connectivity index (χ1n) is 6.24. The third-order valence-electron chi connectivity index (χ3n) is 2.56. The summed E-state index contributed by atoms with van der Waals surface area (Å²) >= 11 is 4.79. The molecule has 0 saturated heterocycles. The molecule has 5 nitrogen and oxygen atoms in total. The standard InChI is InChI=1S/C14H14BrN3O2S/c1-3-21-14-16-8-11(15)12(18-14)13(19)17-9-4-6-10(20-2)7-5-9/h4-8H,3H2,1-2H3,(H,17,19). The summed E-state index contributed by atoms with van der Waals surface area (Å²) in [7, 11) is 1.60. The van der Waals surface area contributed by atoms with E-state index in [0.717, 1.165) is 11.5 Å². The third kappa shape index (κ3) is 4.18. The summed E-state index contributed by atoms with van der Waals surface area (Å²) < 4.78 is 5.64. The van der Waals surface area contributed by atoms with Crippen LogP contribution in [0.3, 0.4) is 0 Å². The van der Waals surface area contributed by atoms with Crippen LogP contribution in [-0.2, 0) is 0 Å². The van der Waals surface area contributed by atoms with Gasteiger partial charge in [-0.15, -0.1) is 0 Å². The molecule has 2 rings (SSSR count). The number of nitrogens with zero attached hydrogens (tertiary/aromatic N) is 2. The van der Waals surface area contributed by atoms with Gasteiger partial charge in [-0.1, -0.05) is 18.7 Å². The van der Waals surface area contributed by atoms with Crippen LogP contribution in [0.25, 0.3) is 0 Å². The average Bonchev–Trinajstić information content (AvgIpc) is 2.50. The Bertz CT molecular complexity index is 635. The summed E-state index contributed by atoms with van der Waals surface area (Å²) in [6, 6.07) is 7.10. The number of thioether (sulfide) groups is 1. The second-order valence-corrected chi connectivity index (χ2v) is 6.05. The van der Waals surface area contributed by atoms with Gasteiger partial charge in [-0.05, 0) is 45.9 Å². The first kappa shape index (κ1) is 15.8. The minimum Gasteiger partial charge on any atom is -0.497 e. The number of ether oxygens (including phenoxy) is 1. The molecule has 1 amide bonds. The Labute approximate surface area is 135 Å². The van der Waals surface area contributed by atoms with Crippen LogP contribution in [-0.4, -0.2) is 28.7 Å². The van der Waals surface area contributed by atoms with E-state index in [-0.39, 0.29) is 5.91 Å². The fourth-order valence-electron chi connectivity index (χ4n) is 1.57. The molecule has 2 aromatic rings. The Morgan fingerprint density at radius 2 is 2.10 bits per heavy atom. The van der Waals surface area contributed by atoms with Gasteiger partial charge < -0.3 is 10.1 Å². The molecule has 0 saturated carbocycles. The highest BCUT2D eigenvalue weighted by Crippen LogP contribution is 2.20. The fourth-order valence-corrected chi connectivity index (χ4v) is 2.49. The molecule has 0 aliphatic rings. The van der Waals surface area contributed by atoms with E-state index in [0.29, 0.717) is 21.0 Å². The Hall–Kier alpha value is -1.60. The van der Waals surface area contributed by atoms with Crippen molar-refractivity contribution in [3.63, 3.8) is 0 Å². The molecule has 1 aromatic heterocycles.